The van der Waals surface area contributed by atoms with Crippen LogP contribution in [0.4, 0.5) is 0 Å². The Balaban J connectivity index is 2.18. The molecule has 2 heterocycles. The lowest BCUT2D eigenvalue weighted by molar-refractivity contribution is 0.841. The van der Waals surface area contributed by atoms with Gasteiger partial charge in [-0.2, -0.15) is 0 Å². The lowest BCUT2D eigenvalue weighted by atomic mass is 10.1. The van der Waals surface area contributed by atoms with E-state index in [0.717, 1.165) is 29.8 Å². The summed E-state index contributed by atoms with van der Waals surface area (Å²) in [6, 6.07) is 10.9. The van der Waals surface area contributed by atoms with Crippen molar-refractivity contribution in [2.24, 2.45) is 0 Å². The first-order valence-corrected chi connectivity index (χ1v) is 6.93. The predicted octanol–water partition coefficient (Wildman–Crippen LogP) is 3.30. The van der Waals surface area contributed by atoms with Gasteiger partial charge in [-0.25, -0.2) is 9.50 Å². The van der Waals surface area contributed by atoms with E-state index in [1.165, 1.54) is 4.52 Å². The number of nitrogens with zero attached hydrogens (tertiary/aromatic N) is 2. The van der Waals surface area contributed by atoms with Crippen LogP contribution in [-0.4, -0.2) is 14.6 Å². The Labute approximate surface area is 121 Å². The highest BCUT2D eigenvalue weighted by atomic mass is 35.5. The van der Waals surface area contributed by atoms with Gasteiger partial charge in [0, 0.05) is 28.4 Å². The number of rotatable bonds is 3. The second-order valence-corrected chi connectivity index (χ2v) is 5.09. The predicted molar refractivity (Wildman–Crippen MR) is 80.3 cm³/mol. The molecule has 0 saturated heterocycles. The van der Waals surface area contributed by atoms with Crippen molar-refractivity contribution in [1.82, 2.24) is 14.6 Å². The van der Waals surface area contributed by atoms with Crippen molar-refractivity contribution in [2.75, 3.05) is 0 Å². The van der Waals surface area contributed by atoms with Gasteiger partial charge < -0.3 is 0 Å². The highest BCUT2D eigenvalue weighted by molar-refractivity contribution is 6.33. The van der Waals surface area contributed by atoms with Crippen LogP contribution in [0, 0.1) is 0 Å². The Kier molecular flexibility index (Phi) is 3.32. The van der Waals surface area contributed by atoms with Gasteiger partial charge in [-0.05, 0) is 12.5 Å². The van der Waals surface area contributed by atoms with E-state index in [0.29, 0.717) is 10.7 Å². The van der Waals surface area contributed by atoms with Gasteiger partial charge in [0.25, 0.3) is 5.56 Å². The number of halogens is 1. The van der Waals surface area contributed by atoms with Gasteiger partial charge in [-0.1, -0.05) is 43.1 Å². The van der Waals surface area contributed by atoms with E-state index >= 15 is 0 Å². The second kappa shape index (κ2) is 5.13. The lowest BCUT2D eigenvalue weighted by Crippen LogP contribution is -2.15. The monoisotopic (exact) mass is 287 g/mol. The molecular formula is C15H14ClN3O. The fraction of sp³-hybridized carbons (Fsp3) is 0.200. The molecule has 4 nitrogen and oxygen atoms in total. The van der Waals surface area contributed by atoms with E-state index in [-0.39, 0.29) is 5.56 Å². The Morgan fingerprint density at radius 1 is 1.30 bits per heavy atom. The van der Waals surface area contributed by atoms with Gasteiger partial charge >= 0.3 is 0 Å². The molecule has 3 aromatic rings. The summed E-state index contributed by atoms with van der Waals surface area (Å²) in [5.41, 5.74) is 2.99. The van der Waals surface area contributed by atoms with Crippen molar-refractivity contribution < 1.29 is 0 Å². The van der Waals surface area contributed by atoms with Crippen LogP contribution in [0.1, 0.15) is 19.0 Å². The average molecular weight is 288 g/mol. The molecule has 0 saturated carbocycles. The zero-order chi connectivity index (χ0) is 14.1. The van der Waals surface area contributed by atoms with Crippen molar-refractivity contribution >= 4 is 17.2 Å². The van der Waals surface area contributed by atoms with Crippen LogP contribution in [0.5, 0.6) is 0 Å². The van der Waals surface area contributed by atoms with Crippen molar-refractivity contribution in [1.29, 1.82) is 0 Å². The maximum Gasteiger partial charge on any atom is 0.272 e. The average Bonchev–Trinajstić information content (AvgIpc) is 2.84. The minimum Gasteiger partial charge on any atom is -0.289 e. The first-order valence-electron chi connectivity index (χ1n) is 6.55. The number of H-pyrrole nitrogens is 1. The highest BCUT2D eigenvalue weighted by Gasteiger charge is 2.09. The number of aromatic nitrogens is 3. The molecule has 0 amide bonds. The van der Waals surface area contributed by atoms with Crippen LogP contribution in [0.15, 0.2) is 41.2 Å². The molecule has 0 aliphatic heterocycles. The number of fused-ring (bicyclic) bond motifs is 1. The topological polar surface area (TPSA) is 50.2 Å². The van der Waals surface area contributed by atoms with Crippen molar-refractivity contribution in [2.45, 2.75) is 19.8 Å². The molecule has 3 rings (SSSR count). The maximum absolute atomic E-state index is 12.1. The summed E-state index contributed by atoms with van der Waals surface area (Å²) in [5, 5.41) is 3.69. The first kappa shape index (κ1) is 12.9. The molecule has 0 spiro atoms. The normalized spacial score (nSPS) is 11.1. The third-order valence-electron chi connectivity index (χ3n) is 3.17. The van der Waals surface area contributed by atoms with Crippen LogP contribution in [0.3, 0.4) is 0 Å². The molecule has 2 aromatic heterocycles. The summed E-state index contributed by atoms with van der Waals surface area (Å²) in [7, 11) is 0. The van der Waals surface area contributed by atoms with E-state index in [1.54, 1.807) is 6.07 Å². The Hall–Kier alpha value is -2.07. The standard InChI is InChI=1S/C15H14ClN3O/c1-2-5-10-8-15(20)19-14(17-10)9-13(18-19)11-6-3-4-7-12(11)16/h3-4,6-9,18H,2,5H2,1H3. The molecule has 0 aliphatic rings. The minimum absolute atomic E-state index is 0.100. The van der Waals surface area contributed by atoms with Crippen LogP contribution in [0.25, 0.3) is 16.9 Å². The van der Waals surface area contributed by atoms with Crippen LogP contribution < -0.4 is 5.56 Å². The van der Waals surface area contributed by atoms with Crippen molar-refractivity contribution in [3.8, 4) is 11.3 Å². The van der Waals surface area contributed by atoms with Gasteiger partial charge in [-0.15, -0.1) is 0 Å². The second-order valence-electron chi connectivity index (χ2n) is 4.68. The Morgan fingerprint density at radius 3 is 2.85 bits per heavy atom. The van der Waals surface area contributed by atoms with E-state index in [2.05, 4.69) is 17.0 Å². The third-order valence-corrected chi connectivity index (χ3v) is 3.50. The third kappa shape index (κ3) is 2.23. The molecule has 0 radical (unpaired) electrons. The summed E-state index contributed by atoms with van der Waals surface area (Å²) < 4.78 is 1.44. The van der Waals surface area contributed by atoms with E-state index < -0.39 is 0 Å². The first-order chi connectivity index (χ1) is 9.69. The SMILES string of the molecule is CCCc1cc(=O)n2[nH]c(-c3ccccc3Cl)cc2n1. The zero-order valence-corrected chi connectivity index (χ0v) is 11.8. The number of nitrogens with one attached hydrogen (secondary N) is 1. The molecule has 0 fully saturated rings. The van der Waals surface area contributed by atoms with Gasteiger partial charge in [0.2, 0.25) is 0 Å². The summed E-state index contributed by atoms with van der Waals surface area (Å²) in [6.07, 6.45) is 1.77. The summed E-state index contributed by atoms with van der Waals surface area (Å²) in [4.78, 5) is 16.6. The van der Waals surface area contributed by atoms with Gasteiger partial charge in [0.05, 0.1) is 5.69 Å². The van der Waals surface area contributed by atoms with Crippen molar-refractivity contribution in [3.63, 3.8) is 0 Å². The number of aromatic amines is 1. The molecule has 20 heavy (non-hydrogen) atoms. The molecule has 0 aliphatic carbocycles. The molecule has 0 unspecified atom stereocenters. The van der Waals surface area contributed by atoms with E-state index in [9.17, 15) is 4.79 Å². The highest BCUT2D eigenvalue weighted by Crippen LogP contribution is 2.26. The number of hydrogen-bond donors (Lipinski definition) is 1. The van der Waals surface area contributed by atoms with Crippen LogP contribution in [-0.2, 0) is 6.42 Å². The van der Waals surface area contributed by atoms with Gasteiger partial charge in [0.1, 0.15) is 0 Å². The summed E-state index contributed by atoms with van der Waals surface area (Å²) in [6.45, 7) is 2.07. The fourth-order valence-corrected chi connectivity index (χ4v) is 2.48. The number of aryl methyl sites for hydroxylation is 1. The summed E-state index contributed by atoms with van der Waals surface area (Å²) >= 11 is 6.18. The zero-order valence-electron chi connectivity index (χ0n) is 11.1. The summed E-state index contributed by atoms with van der Waals surface area (Å²) in [5.74, 6) is 0. The number of hydrogen-bond acceptors (Lipinski definition) is 2. The smallest absolute Gasteiger partial charge is 0.272 e. The van der Waals surface area contributed by atoms with E-state index in [4.69, 9.17) is 11.6 Å². The molecule has 102 valence electrons. The minimum atomic E-state index is -0.100. The Bertz CT molecular complexity index is 819. The largest absolute Gasteiger partial charge is 0.289 e. The quantitative estimate of drug-likeness (QED) is 0.803. The van der Waals surface area contributed by atoms with Crippen LogP contribution >= 0.6 is 11.6 Å². The Morgan fingerprint density at radius 2 is 2.10 bits per heavy atom. The molecule has 0 bridgehead atoms. The van der Waals surface area contributed by atoms with Gasteiger partial charge in [-0.3, -0.25) is 9.89 Å². The van der Waals surface area contributed by atoms with E-state index in [1.807, 2.05) is 30.3 Å². The van der Waals surface area contributed by atoms with Gasteiger partial charge in [0.15, 0.2) is 5.65 Å². The number of benzene rings is 1. The molecule has 1 aromatic carbocycles. The molecule has 5 heteroatoms. The maximum atomic E-state index is 12.1. The van der Waals surface area contributed by atoms with Crippen LogP contribution in [0.2, 0.25) is 5.02 Å². The van der Waals surface area contributed by atoms with Crippen molar-refractivity contribution in [3.05, 3.63) is 57.5 Å². The molecule has 1 N–H and O–H groups in total. The molecule has 0 atom stereocenters. The fourth-order valence-electron chi connectivity index (χ4n) is 2.24. The lowest BCUT2D eigenvalue weighted by Gasteiger charge is -1.99. The molecular weight excluding hydrogens is 274 g/mol.